The summed E-state index contributed by atoms with van der Waals surface area (Å²) >= 11 is 6.07. The van der Waals surface area contributed by atoms with Crippen LogP contribution in [0.5, 0.6) is 0 Å². The fourth-order valence-electron chi connectivity index (χ4n) is 2.54. The van der Waals surface area contributed by atoms with Gasteiger partial charge in [0, 0.05) is 12.7 Å². The van der Waals surface area contributed by atoms with E-state index in [4.69, 9.17) is 11.6 Å². The van der Waals surface area contributed by atoms with Crippen molar-refractivity contribution in [2.24, 2.45) is 0 Å². The van der Waals surface area contributed by atoms with E-state index in [9.17, 15) is 5.11 Å². The Morgan fingerprint density at radius 1 is 0.962 bits per heavy atom. The van der Waals surface area contributed by atoms with Crippen LogP contribution in [0.2, 0.25) is 5.28 Å². The molecule has 6 nitrogen and oxygen atoms in total. The van der Waals surface area contributed by atoms with Gasteiger partial charge in [0.15, 0.2) is 0 Å². The maximum absolute atomic E-state index is 10.5. The normalized spacial score (nSPS) is 13.1. The maximum Gasteiger partial charge on any atom is 0.235 e. The van der Waals surface area contributed by atoms with Gasteiger partial charge in [-0.2, -0.15) is 15.0 Å². The lowest BCUT2D eigenvalue weighted by Gasteiger charge is -2.22. The fraction of sp³-hybridized carbons (Fsp3) is 0.211. The third kappa shape index (κ3) is 4.28. The summed E-state index contributed by atoms with van der Waals surface area (Å²) in [5, 5.41) is 13.7. The van der Waals surface area contributed by atoms with Gasteiger partial charge in [0.1, 0.15) is 0 Å². The van der Waals surface area contributed by atoms with Crippen LogP contribution in [0.4, 0.5) is 17.6 Å². The summed E-state index contributed by atoms with van der Waals surface area (Å²) in [6.07, 6.45) is -0.706. The van der Waals surface area contributed by atoms with Crippen molar-refractivity contribution in [3.63, 3.8) is 0 Å². The SMILES string of the molecule is C[C@@H](Nc1nc(Cl)nc(N(C)c2ccccc2)n1)[C@@H](O)c1ccccc1. The first-order valence-corrected chi connectivity index (χ1v) is 8.62. The summed E-state index contributed by atoms with van der Waals surface area (Å²) in [5.74, 6) is 0.727. The van der Waals surface area contributed by atoms with E-state index in [1.165, 1.54) is 0 Å². The molecule has 1 heterocycles. The van der Waals surface area contributed by atoms with E-state index in [0.29, 0.717) is 11.9 Å². The van der Waals surface area contributed by atoms with E-state index < -0.39 is 6.10 Å². The van der Waals surface area contributed by atoms with Gasteiger partial charge in [0.2, 0.25) is 17.2 Å². The number of nitrogens with zero attached hydrogens (tertiary/aromatic N) is 4. The van der Waals surface area contributed by atoms with Crippen LogP contribution in [-0.2, 0) is 0 Å². The van der Waals surface area contributed by atoms with Gasteiger partial charge < -0.3 is 15.3 Å². The highest BCUT2D eigenvalue weighted by Gasteiger charge is 2.18. The minimum atomic E-state index is -0.706. The van der Waals surface area contributed by atoms with Gasteiger partial charge in [-0.3, -0.25) is 0 Å². The van der Waals surface area contributed by atoms with Crippen LogP contribution in [0.15, 0.2) is 60.7 Å². The molecule has 0 aliphatic rings. The van der Waals surface area contributed by atoms with Gasteiger partial charge in [0.25, 0.3) is 0 Å². The van der Waals surface area contributed by atoms with Gasteiger partial charge in [-0.25, -0.2) is 0 Å². The lowest BCUT2D eigenvalue weighted by molar-refractivity contribution is 0.160. The first-order chi connectivity index (χ1) is 12.5. The monoisotopic (exact) mass is 369 g/mol. The number of benzene rings is 2. The largest absolute Gasteiger partial charge is 0.386 e. The molecule has 0 saturated carbocycles. The van der Waals surface area contributed by atoms with Gasteiger partial charge in [0.05, 0.1) is 12.1 Å². The Kier molecular flexibility index (Phi) is 5.65. The average molecular weight is 370 g/mol. The molecule has 2 N–H and O–H groups in total. The molecule has 7 heteroatoms. The van der Waals surface area contributed by atoms with E-state index in [0.717, 1.165) is 11.3 Å². The van der Waals surface area contributed by atoms with E-state index in [1.807, 2.05) is 79.5 Å². The number of anilines is 3. The van der Waals surface area contributed by atoms with Crippen LogP contribution in [0.3, 0.4) is 0 Å². The molecule has 0 fully saturated rings. The predicted molar refractivity (Wildman–Crippen MR) is 104 cm³/mol. The number of rotatable bonds is 6. The first kappa shape index (κ1) is 18.1. The molecule has 0 spiro atoms. The third-order valence-corrected chi connectivity index (χ3v) is 4.18. The Hall–Kier alpha value is -2.70. The molecule has 2 aromatic carbocycles. The van der Waals surface area contributed by atoms with E-state index in [2.05, 4.69) is 20.3 Å². The molecule has 0 bridgehead atoms. The maximum atomic E-state index is 10.5. The van der Waals surface area contributed by atoms with Crippen molar-refractivity contribution < 1.29 is 5.11 Å². The summed E-state index contributed by atoms with van der Waals surface area (Å²) in [7, 11) is 1.85. The first-order valence-electron chi connectivity index (χ1n) is 8.24. The molecule has 26 heavy (non-hydrogen) atoms. The number of aliphatic hydroxyl groups excluding tert-OH is 1. The fourth-order valence-corrected chi connectivity index (χ4v) is 2.70. The molecular weight excluding hydrogens is 350 g/mol. The molecule has 3 rings (SSSR count). The van der Waals surface area contributed by atoms with Crippen molar-refractivity contribution in [1.82, 2.24) is 15.0 Å². The Balaban J connectivity index is 1.79. The number of hydrogen-bond acceptors (Lipinski definition) is 6. The quantitative estimate of drug-likeness (QED) is 0.688. The third-order valence-electron chi connectivity index (χ3n) is 4.01. The number of aromatic nitrogens is 3. The lowest BCUT2D eigenvalue weighted by atomic mass is 10.0. The molecule has 134 valence electrons. The number of aliphatic hydroxyl groups is 1. The number of hydrogen-bond donors (Lipinski definition) is 2. The van der Waals surface area contributed by atoms with E-state index >= 15 is 0 Å². The molecular formula is C19H20ClN5O. The standard InChI is InChI=1S/C19H20ClN5O/c1-13(16(26)14-9-5-3-6-10-14)21-18-22-17(20)23-19(24-18)25(2)15-11-7-4-8-12-15/h3-13,16,26H,1-2H3,(H,21,22,23,24)/t13-,16-/m1/s1. The highest BCUT2D eigenvalue weighted by molar-refractivity contribution is 6.28. The topological polar surface area (TPSA) is 74.2 Å². The lowest BCUT2D eigenvalue weighted by Crippen LogP contribution is -2.26. The Bertz CT molecular complexity index is 847. The van der Waals surface area contributed by atoms with Crippen LogP contribution >= 0.6 is 11.6 Å². The Morgan fingerprint density at radius 2 is 1.58 bits per heavy atom. The summed E-state index contributed by atoms with van der Waals surface area (Å²) in [5.41, 5.74) is 1.74. The second kappa shape index (κ2) is 8.12. The molecule has 3 aromatic rings. The van der Waals surface area contributed by atoms with Crippen molar-refractivity contribution in [3.8, 4) is 0 Å². The molecule has 0 unspecified atom stereocenters. The zero-order valence-electron chi connectivity index (χ0n) is 14.5. The van der Waals surface area contributed by atoms with Crippen molar-refractivity contribution in [2.45, 2.75) is 19.1 Å². The minimum absolute atomic E-state index is 0.0849. The van der Waals surface area contributed by atoms with Gasteiger partial charge in [-0.05, 0) is 36.2 Å². The summed E-state index contributed by atoms with van der Waals surface area (Å²) in [4.78, 5) is 14.5. The smallest absolute Gasteiger partial charge is 0.235 e. The van der Waals surface area contributed by atoms with Crippen molar-refractivity contribution in [1.29, 1.82) is 0 Å². The zero-order valence-corrected chi connectivity index (χ0v) is 15.3. The van der Waals surface area contributed by atoms with Crippen molar-refractivity contribution >= 4 is 29.2 Å². The van der Waals surface area contributed by atoms with Crippen LogP contribution in [-0.4, -0.2) is 33.1 Å². The summed E-state index contributed by atoms with van der Waals surface area (Å²) in [6, 6.07) is 18.8. The van der Waals surface area contributed by atoms with Gasteiger partial charge >= 0.3 is 0 Å². The predicted octanol–water partition coefficient (Wildman–Crippen LogP) is 3.83. The van der Waals surface area contributed by atoms with E-state index in [-0.39, 0.29) is 11.3 Å². The second-order valence-electron chi connectivity index (χ2n) is 5.91. The molecule has 0 radical (unpaired) electrons. The highest BCUT2D eigenvalue weighted by Crippen LogP contribution is 2.23. The average Bonchev–Trinajstić information content (AvgIpc) is 2.67. The number of nitrogens with one attached hydrogen (secondary N) is 1. The van der Waals surface area contributed by atoms with Crippen molar-refractivity contribution in [2.75, 3.05) is 17.3 Å². The van der Waals surface area contributed by atoms with Crippen LogP contribution in [0.25, 0.3) is 0 Å². The summed E-state index contributed by atoms with van der Waals surface area (Å²) < 4.78 is 0. The van der Waals surface area contributed by atoms with Crippen molar-refractivity contribution in [3.05, 3.63) is 71.5 Å². The number of halogens is 1. The zero-order chi connectivity index (χ0) is 18.5. The van der Waals surface area contributed by atoms with Crippen LogP contribution in [0, 0.1) is 0 Å². The van der Waals surface area contributed by atoms with Crippen LogP contribution < -0.4 is 10.2 Å². The summed E-state index contributed by atoms with van der Waals surface area (Å²) in [6.45, 7) is 1.86. The highest BCUT2D eigenvalue weighted by atomic mass is 35.5. The van der Waals surface area contributed by atoms with Gasteiger partial charge in [-0.1, -0.05) is 48.5 Å². The second-order valence-corrected chi connectivity index (χ2v) is 6.25. The molecule has 0 saturated heterocycles. The Labute approximate surface area is 157 Å². The molecule has 1 aromatic heterocycles. The van der Waals surface area contributed by atoms with E-state index in [1.54, 1.807) is 0 Å². The number of para-hydroxylation sites is 1. The minimum Gasteiger partial charge on any atom is -0.386 e. The molecule has 0 aliphatic carbocycles. The molecule has 0 aliphatic heterocycles. The van der Waals surface area contributed by atoms with Gasteiger partial charge in [-0.15, -0.1) is 0 Å². The molecule has 0 amide bonds. The van der Waals surface area contributed by atoms with Crippen LogP contribution in [0.1, 0.15) is 18.6 Å². The molecule has 2 atom stereocenters. The Morgan fingerprint density at radius 3 is 2.23 bits per heavy atom.